The minimum atomic E-state index is -1.54. The predicted molar refractivity (Wildman–Crippen MR) is 65.8 cm³/mol. The number of esters is 1. The number of carbonyl (C=O) groups is 3. The van der Waals surface area contributed by atoms with Crippen molar-refractivity contribution in [3.05, 3.63) is 29.6 Å². The number of methoxy groups -OCH3 is 1. The van der Waals surface area contributed by atoms with Crippen LogP contribution in [0.4, 0.5) is 9.18 Å². The normalized spacial score (nSPS) is 26.7. The molecule has 3 amide bonds. The number of imide groups is 1. The third kappa shape index (κ3) is 1.91. The van der Waals surface area contributed by atoms with Crippen molar-refractivity contribution in [2.45, 2.75) is 18.1 Å². The Morgan fingerprint density at radius 3 is 2.86 bits per heavy atom. The standard InChI is InChI=1S/C13H11FN2O5/c1-20-10(17)9-5-13(11(18)15-12(19)16-13)7-4-6(14)2-3-8(7)21-9/h2-4,9H,5H2,1H3,(H2,15,16,18,19)/t9-,13?/m1/s1. The highest BCUT2D eigenvalue weighted by Crippen LogP contribution is 2.41. The van der Waals surface area contributed by atoms with Crippen molar-refractivity contribution in [3.8, 4) is 5.75 Å². The van der Waals surface area contributed by atoms with Crippen molar-refractivity contribution in [1.29, 1.82) is 0 Å². The van der Waals surface area contributed by atoms with E-state index in [0.717, 1.165) is 12.1 Å². The predicted octanol–water partition coefficient (Wildman–Crippen LogP) is 0.185. The lowest BCUT2D eigenvalue weighted by atomic mass is 9.81. The molecule has 2 aliphatic rings. The Balaban J connectivity index is 2.14. The topological polar surface area (TPSA) is 93.7 Å². The van der Waals surface area contributed by atoms with Gasteiger partial charge < -0.3 is 14.8 Å². The first-order chi connectivity index (χ1) is 9.96. The molecule has 0 bridgehead atoms. The van der Waals surface area contributed by atoms with Gasteiger partial charge in [-0.25, -0.2) is 14.0 Å². The van der Waals surface area contributed by atoms with Gasteiger partial charge in [-0.05, 0) is 18.2 Å². The van der Waals surface area contributed by atoms with E-state index in [1.165, 1.54) is 13.2 Å². The van der Waals surface area contributed by atoms with Crippen LogP contribution in [-0.4, -0.2) is 31.1 Å². The number of amides is 3. The van der Waals surface area contributed by atoms with E-state index in [2.05, 4.69) is 15.4 Å². The van der Waals surface area contributed by atoms with Crippen LogP contribution in [0.15, 0.2) is 18.2 Å². The molecule has 2 N–H and O–H groups in total. The van der Waals surface area contributed by atoms with Crippen LogP contribution in [0, 0.1) is 5.82 Å². The summed E-state index contributed by atoms with van der Waals surface area (Å²) in [6.45, 7) is 0. The minimum Gasteiger partial charge on any atom is -0.478 e. The lowest BCUT2D eigenvalue weighted by molar-refractivity contribution is -0.151. The maximum atomic E-state index is 13.5. The van der Waals surface area contributed by atoms with E-state index in [0.29, 0.717) is 0 Å². The van der Waals surface area contributed by atoms with Gasteiger partial charge in [0, 0.05) is 12.0 Å². The van der Waals surface area contributed by atoms with E-state index < -0.39 is 35.4 Å². The van der Waals surface area contributed by atoms with Crippen molar-refractivity contribution < 1.29 is 28.2 Å². The van der Waals surface area contributed by atoms with Crippen LogP contribution < -0.4 is 15.4 Å². The molecule has 110 valence electrons. The van der Waals surface area contributed by atoms with Gasteiger partial charge in [-0.1, -0.05) is 0 Å². The van der Waals surface area contributed by atoms with E-state index in [1.807, 2.05) is 0 Å². The van der Waals surface area contributed by atoms with Crippen LogP contribution in [0.25, 0.3) is 0 Å². The largest absolute Gasteiger partial charge is 0.478 e. The highest BCUT2D eigenvalue weighted by atomic mass is 19.1. The summed E-state index contributed by atoms with van der Waals surface area (Å²) in [6, 6.07) is 2.84. The number of urea groups is 1. The van der Waals surface area contributed by atoms with Crippen LogP contribution >= 0.6 is 0 Å². The molecule has 1 spiro atoms. The number of hydrogen-bond acceptors (Lipinski definition) is 5. The molecule has 1 aromatic rings. The Morgan fingerprint density at radius 1 is 1.48 bits per heavy atom. The van der Waals surface area contributed by atoms with Crippen molar-refractivity contribution in [2.75, 3.05) is 7.11 Å². The summed E-state index contributed by atoms with van der Waals surface area (Å²) < 4.78 is 23.5. The van der Waals surface area contributed by atoms with Gasteiger partial charge in [-0.15, -0.1) is 0 Å². The number of ether oxygens (including phenoxy) is 2. The number of carbonyl (C=O) groups excluding carboxylic acids is 3. The molecule has 2 atom stereocenters. The molecule has 7 nitrogen and oxygen atoms in total. The van der Waals surface area contributed by atoms with Gasteiger partial charge in [-0.2, -0.15) is 0 Å². The van der Waals surface area contributed by atoms with E-state index in [1.54, 1.807) is 0 Å². The first kappa shape index (κ1) is 13.3. The molecule has 1 fully saturated rings. The van der Waals surface area contributed by atoms with Crippen LogP contribution in [-0.2, 0) is 19.9 Å². The first-order valence-electron chi connectivity index (χ1n) is 6.14. The average Bonchev–Trinajstić information content (AvgIpc) is 2.73. The number of nitrogens with one attached hydrogen (secondary N) is 2. The fraction of sp³-hybridized carbons (Fsp3) is 0.308. The summed E-state index contributed by atoms with van der Waals surface area (Å²) in [5.41, 5.74) is -1.36. The monoisotopic (exact) mass is 294 g/mol. The van der Waals surface area contributed by atoms with Gasteiger partial charge >= 0.3 is 12.0 Å². The molecule has 0 radical (unpaired) electrons. The smallest absolute Gasteiger partial charge is 0.347 e. The molecule has 1 aromatic carbocycles. The Bertz CT molecular complexity index is 662. The lowest BCUT2D eigenvalue weighted by Gasteiger charge is -2.36. The zero-order valence-corrected chi connectivity index (χ0v) is 10.9. The maximum Gasteiger partial charge on any atom is 0.347 e. The van der Waals surface area contributed by atoms with Crippen molar-refractivity contribution >= 4 is 17.9 Å². The molecule has 2 heterocycles. The summed E-state index contributed by atoms with van der Waals surface area (Å²) in [5, 5.41) is 4.55. The zero-order valence-electron chi connectivity index (χ0n) is 10.9. The maximum absolute atomic E-state index is 13.5. The third-order valence-electron chi connectivity index (χ3n) is 3.57. The molecule has 0 saturated carbocycles. The number of fused-ring (bicyclic) bond motifs is 2. The van der Waals surface area contributed by atoms with Crippen LogP contribution in [0.2, 0.25) is 0 Å². The Morgan fingerprint density at radius 2 is 2.24 bits per heavy atom. The summed E-state index contributed by atoms with van der Waals surface area (Å²) >= 11 is 0. The number of rotatable bonds is 1. The van der Waals surface area contributed by atoms with E-state index in [4.69, 9.17) is 4.74 Å². The average molecular weight is 294 g/mol. The summed E-state index contributed by atoms with van der Waals surface area (Å²) in [4.78, 5) is 35.3. The number of benzene rings is 1. The Kier molecular flexibility index (Phi) is 2.82. The van der Waals surface area contributed by atoms with Crippen molar-refractivity contribution in [2.24, 2.45) is 0 Å². The Labute approximate surface area is 118 Å². The van der Waals surface area contributed by atoms with Crippen LogP contribution in [0.3, 0.4) is 0 Å². The second kappa shape index (κ2) is 4.44. The fourth-order valence-corrected chi connectivity index (χ4v) is 2.61. The molecule has 2 aliphatic heterocycles. The fourth-order valence-electron chi connectivity index (χ4n) is 2.61. The highest BCUT2D eigenvalue weighted by Gasteiger charge is 2.54. The molecule has 0 aromatic heterocycles. The van der Waals surface area contributed by atoms with Gasteiger partial charge in [0.15, 0.2) is 11.6 Å². The van der Waals surface area contributed by atoms with E-state index in [-0.39, 0.29) is 17.7 Å². The number of halogens is 1. The minimum absolute atomic E-state index is 0.149. The summed E-state index contributed by atoms with van der Waals surface area (Å²) in [5.74, 6) is -1.77. The van der Waals surface area contributed by atoms with Gasteiger partial charge in [0.05, 0.1) is 7.11 Å². The van der Waals surface area contributed by atoms with Gasteiger partial charge in [0.2, 0.25) is 0 Å². The summed E-state index contributed by atoms with van der Waals surface area (Å²) in [7, 11) is 1.19. The lowest BCUT2D eigenvalue weighted by Crippen LogP contribution is -2.52. The first-order valence-corrected chi connectivity index (χ1v) is 6.14. The molecule has 3 rings (SSSR count). The van der Waals surface area contributed by atoms with Crippen molar-refractivity contribution in [1.82, 2.24) is 10.6 Å². The zero-order chi connectivity index (χ0) is 15.2. The molecule has 0 aliphatic carbocycles. The van der Waals surface area contributed by atoms with Crippen LogP contribution in [0.1, 0.15) is 12.0 Å². The van der Waals surface area contributed by atoms with Crippen LogP contribution in [0.5, 0.6) is 5.75 Å². The van der Waals surface area contributed by atoms with Gasteiger partial charge in [0.1, 0.15) is 11.6 Å². The van der Waals surface area contributed by atoms with Gasteiger partial charge in [0.25, 0.3) is 5.91 Å². The van der Waals surface area contributed by atoms with Gasteiger partial charge in [-0.3, -0.25) is 10.1 Å². The molecular weight excluding hydrogens is 283 g/mol. The van der Waals surface area contributed by atoms with E-state index >= 15 is 0 Å². The quantitative estimate of drug-likeness (QED) is 0.569. The molecule has 1 unspecified atom stereocenters. The summed E-state index contributed by atoms with van der Waals surface area (Å²) in [6.07, 6.45) is -1.25. The SMILES string of the molecule is COC(=O)[C@H]1CC2(NC(=O)NC2=O)c2cc(F)ccc2O1. The second-order valence-electron chi connectivity index (χ2n) is 4.79. The van der Waals surface area contributed by atoms with Crippen molar-refractivity contribution in [3.63, 3.8) is 0 Å². The highest BCUT2D eigenvalue weighted by molar-refractivity contribution is 6.08. The second-order valence-corrected chi connectivity index (χ2v) is 4.79. The molecular formula is C13H11FN2O5. The molecule has 8 heteroatoms. The molecule has 1 saturated heterocycles. The Hall–Kier alpha value is -2.64. The van der Waals surface area contributed by atoms with E-state index in [9.17, 15) is 18.8 Å². The number of hydrogen-bond donors (Lipinski definition) is 2. The molecule has 21 heavy (non-hydrogen) atoms. The third-order valence-corrected chi connectivity index (χ3v) is 3.57.